The van der Waals surface area contributed by atoms with E-state index in [2.05, 4.69) is 11.8 Å². The Kier molecular flexibility index (Phi) is 6.61. The highest BCUT2D eigenvalue weighted by atomic mass is 16.5. The zero-order valence-corrected chi connectivity index (χ0v) is 8.70. The van der Waals surface area contributed by atoms with Crippen LogP contribution in [-0.4, -0.2) is 38.1 Å². The Balaban J connectivity index is 4.34. The highest BCUT2D eigenvalue weighted by Gasteiger charge is 2.24. The molecule has 0 rings (SSSR count). The van der Waals surface area contributed by atoms with E-state index < -0.39 is 0 Å². The molecule has 3 unspecified atom stereocenters. The third-order valence-corrected chi connectivity index (χ3v) is 1.99. The minimum Gasteiger partial charge on any atom is -0.394 e. The van der Waals surface area contributed by atoms with Crippen molar-refractivity contribution in [2.75, 3.05) is 20.8 Å². The number of aliphatic hydroxyl groups is 1. The summed E-state index contributed by atoms with van der Waals surface area (Å²) in [7, 11) is 3.15. The number of ether oxygens (including phenoxy) is 2. The maximum atomic E-state index is 8.99. The molecule has 0 bridgehead atoms. The lowest BCUT2D eigenvalue weighted by molar-refractivity contribution is -0.0724. The average molecular weight is 186 g/mol. The Morgan fingerprint density at radius 1 is 1.31 bits per heavy atom. The fraction of sp³-hybridized carbons (Fsp3) is 0.800. The van der Waals surface area contributed by atoms with E-state index in [0.29, 0.717) is 0 Å². The lowest BCUT2D eigenvalue weighted by Crippen LogP contribution is -2.37. The smallest absolute Gasteiger partial charge is 0.107 e. The highest BCUT2D eigenvalue weighted by molar-refractivity contribution is 5.03. The molecule has 3 atom stereocenters. The SMILES string of the molecule is CC#CC(C)C(OC)C(CO)OC. The van der Waals surface area contributed by atoms with Gasteiger partial charge in [-0.2, -0.15) is 0 Å². The van der Waals surface area contributed by atoms with E-state index >= 15 is 0 Å². The molecule has 0 aliphatic heterocycles. The monoisotopic (exact) mass is 186 g/mol. The lowest BCUT2D eigenvalue weighted by Gasteiger charge is -2.25. The predicted molar refractivity (Wildman–Crippen MR) is 51.3 cm³/mol. The average Bonchev–Trinajstić information content (AvgIpc) is 2.14. The number of aliphatic hydroxyl groups excluding tert-OH is 1. The number of rotatable bonds is 5. The summed E-state index contributed by atoms with van der Waals surface area (Å²) in [6.45, 7) is 3.68. The third-order valence-electron chi connectivity index (χ3n) is 1.99. The number of hydrogen-bond acceptors (Lipinski definition) is 3. The fourth-order valence-corrected chi connectivity index (χ4v) is 1.30. The zero-order valence-electron chi connectivity index (χ0n) is 8.70. The quantitative estimate of drug-likeness (QED) is 0.641. The van der Waals surface area contributed by atoms with Crippen LogP contribution in [0.1, 0.15) is 13.8 Å². The summed E-state index contributed by atoms with van der Waals surface area (Å²) in [5, 5.41) is 8.99. The van der Waals surface area contributed by atoms with E-state index in [0.717, 1.165) is 0 Å². The standard InChI is InChI=1S/C10H18O3/c1-5-6-8(2)10(13-4)9(7-11)12-3/h8-11H,7H2,1-4H3. The third kappa shape index (κ3) is 3.77. The summed E-state index contributed by atoms with van der Waals surface area (Å²) >= 11 is 0. The molecule has 0 saturated heterocycles. The van der Waals surface area contributed by atoms with Gasteiger partial charge in [0.1, 0.15) is 6.10 Å². The van der Waals surface area contributed by atoms with Gasteiger partial charge in [-0.3, -0.25) is 0 Å². The van der Waals surface area contributed by atoms with Crippen LogP contribution in [0.3, 0.4) is 0 Å². The first-order chi connectivity index (χ1) is 6.21. The van der Waals surface area contributed by atoms with Gasteiger partial charge in [0.15, 0.2) is 0 Å². The first-order valence-electron chi connectivity index (χ1n) is 4.30. The number of hydrogen-bond donors (Lipinski definition) is 1. The maximum Gasteiger partial charge on any atom is 0.107 e. The summed E-state index contributed by atoms with van der Waals surface area (Å²) in [4.78, 5) is 0. The second-order valence-electron chi connectivity index (χ2n) is 2.84. The van der Waals surface area contributed by atoms with Gasteiger partial charge in [0.2, 0.25) is 0 Å². The molecule has 0 aliphatic rings. The van der Waals surface area contributed by atoms with Gasteiger partial charge in [-0.1, -0.05) is 5.92 Å². The Bertz CT molecular complexity index is 176. The van der Waals surface area contributed by atoms with Crippen molar-refractivity contribution in [1.29, 1.82) is 0 Å². The van der Waals surface area contributed by atoms with Crippen LogP contribution in [-0.2, 0) is 9.47 Å². The van der Waals surface area contributed by atoms with Gasteiger partial charge in [-0.15, -0.1) is 5.92 Å². The van der Waals surface area contributed by atoms with Crippen LogP contribution in [0.5, 0.6) is 0 Å². The van der Waals surface area contributed by atoms with Gasteiger partial charge < -0.3 is 14.6 Å². The van der Waals surface area contributed by atoms with Crippen LogP contribution < -0.4 is 0 Å². The van der Waals surface area contributed by atoms with Crippen LogP contribution in [0.25, 0.3) is 0 Å². The van der Waals surface area contributed by atoms with E-state index in [1.54, 1.807) is 21.1 Å². The molecule has 3 nitrogen and oxygen atoms in total. The maximum absolute atomic E-state index is 8.99. The summed E-state index contributed by atoms with van der Waals surface area (Å²) in [6.07, 6.45) is -0.483. The topological polar surface area (TPSA) is 38.7 Å². The normalized spacial score (nSPS) is 17.0. The lowest BCUT2D eigenvalue weighted by atomic mass is 10.0. The van der Waals surface area contributed by atoms with Crippen LogP contribution in [0.15, 0.2) is 0 Å². The molecule has 0 aliphatic carbocycles. The van der Waals surface area contributed by atoms with Crippen LogP contribution in [0, 0.1) is 17.8 Å². The van der Waals surface area contributed by atoms with Crippen molar-refractivity contribution in [1.82, 2.24) is 0 Å². The van der Waals surface area contributed by atoms with Crippen molar-refractivity contribution in [2.45, 2.75) is 26.1 Å². The molecule has 0 heterocycles. The molecule has 0 aromatic carbocycles. The second kappa shape index (κ2) is 6.90. The van der Waals surface area contributed by atoms with Crippen molar-refractivity contribution in [3.8, 4) is 11.8 Å². The predicted octanol–water partition coefficient (Wildman–Crippen LogP) is 0.668. The van der Waals surface area contributed by atoms with Gasteiger partial charge in [0.25, 0.3) is 0 Å². The first-order valence-corrected chi connectivity index (χ1v) is 4.30. The molecule has 1 N–H and O–H groups in total. The molecular weight excluding hydrogens is 168 g/mol. The fourth-order valence-electron chi connectivity index (χ4n) is 1.30. The molecule has 0 aromatic rings. The molecule has 13 heavy (non-hydrogen) atoms. The molecule has 0 aromatic heterocycles. The molecule has 0 saturated carbocycles. The van der Waals surface area contributed by atoms with Crippen molar-refractivity contribution in [2.24, 2.45) is 5.92 Å². The zero-order chi connectivity index (χ0) is 10.3. The van der Waals surface area contributed by atoms with E-state index in [4.69, 9.17) is 14.6 Å². The van der Waals surface area contributed by atoms with Gasteiger partial charge >= 0.3 is 0 Å². The summed E-state index contributed by atoms with van der Waals surface area (Å²) in [5.41, 5.74) is 0. The molecule has 0 radical (unpaired) electrons. The van der Waals surface area contributed by atoms with Crippen LogP contribution >= 0.6 is 0 Å². The van der Waals surface area contributed by atoms with Crippen molar-refractivity contribution < 1.29 is 14.6 Å². The Hall–Kier alpha value is -0.560. The molecule has 3 heteroatoms. The minimum absolute atomic E-state index is 0.0509. The van der Waals surface area contributed by atoms with E-state index in [-0.39, 0.29) is 24.7 Å². The molecule has 0 fully saturated rings. The van der Waals surface area contributed by atoms with E-state index in [9.17, 15) is 0 Å². The van der Waals surface area contributed by atoms with Crippen LogP contribution in [0.2, 0.25) is 0 Å². The summed E-state index contributed by atoms with van der Waals surface area (Å²) in [5.74, 6) is 5.86. The summed E-state index contributed by atoms with van der Waals surface area (Å²) in [6, 6.07) is 0. The van der Waals surface area contributed by atoms with Crippen molar-refractivity contribution in [3.63, 3.8) is 0 Å². The second-order valence-corrected chi connectivity index (χ2v) is 2.84. The van der Waals surface area contributed by atoms with E-state index in [1.165, 1.54) is 0 Å². The van der Waals surface area contributed by atoms with Crippen molar-refractivity contribution in [3.05, 3.63) is 0 Å². The summed E-state index contributed by atoms with van der Waals surface area (Å²) < 4.78 is 10.3. The minimum atomic E-state index is -0.305. The number of methoxy groups -OCH3 is 2. The van der Waals surface area contributed by atoms with Gasteiger partial charge in [-0.05, 0) is 13.8 Å². The first kappa shape index (κ1) is 12.4. The Labute approximate surface area is 80.0 Å². The Morgan fingerprint density at radius 3 is 2.23 bits per heavy atom. The van der Waals surface area contributed by atoms with Gasteiger partial charge in [0, 0.05) is 20.1 Å². The largest absolute Gasteiger partial charge is 0.394 e. The molecule has 76 valence electrons. The van der Waals surface area contributed by atoms with E-state index in [1.807, 2.05) is 6.92 Å². The molecule has 0 spiro atoms. The van der Waals surface area contributed by atoms with Crippen LogP contribution in [0.4, 0.5) is 0 Å². The Morgan fingerprint density at radius 2 is 1.92 bits per heavy atom. The van der Waals surface area contributed by atoms with Gasteiger partial charge in [-0.25, -0.2) is 0 Å². The van der Waals surface area contributed by atoms with Gasteiger partial charge in [0.05, 0.1) is 12.7 Å². The molecular formula is C10H18O3. The van der Waals surface area contributed by atoms with Crippen molar-refractivity contribution >= 4 is 0 Å². The highest BCUT2D eigenvalue weighted by Crippen LogP contribution is 2.12. The molecule has 0 amide bonds.